The molecule has 0 aromatic heterocycles. The van der Waals surface area contributed by atoms with Crippen LogP contribution < -0.4 is 19.3 Å². The molecule has 6 rings (SSSR count). The zero-order valence-corrected chi connectivity index (χ0v) is 37.1. The lowest BCUT2D eigenvalue weighted by Crippen LogP contribution is -2.55. The largest absolute Gasteiger partial charge is 0.508 e. The SMILES string of the molecule is COCCCN1CCOc2ccc(COC3CN(C(=O)OCCOCCO[N+](=O)[O-])CC(OC(=O)OCCOCCO[N+](=O)[O-])C3c3ccc(OC4CCN(c5cccc(F)c5)C4)cc3)cc21. The van der Waals surface area contributed by atoms with E-state index in [-0.39, 0.29) is 84.5 Å². The lowest BCUT2D eigenvalue weighted by Gasteiger charge is -2.42. The molecule has 0 radical (unpaired) electrons. The lowest BCUT2D eigenvalue weighted by molar-refractivity contribution is -0.758. The van der Waals surface area contributed by atoms with Gasteiger partial charge in [-0.25, -0.2) is 14.0 Å². The summed E-state index contributed by atoms with van der Waals surface area (Å²) in [6, 6.07) is 19.6. The molecule has 3 heterocycles. The van der Waals surface area contributed by atoms with Crippen LogP contribution in [-0.2, 0) is 49.4 Å². The Kier molecular flexibility index (Phi) is 19.4. The van der Waals surface area contributed by atoms with Crippen LogP contribution in [0.2, 0.25) is 0 Å². The molecule has 0 N–H and O–H groups in total. The third-order valence-corrected chi connectivity index (χ3v) is 11.0. The summed E-state index contributed by atoms with van der Waals surface area (Å²) in [7, 11) is 1.66. The zero-order valence-electron chi connectivity index (χ0n) is 37.1. The highest BCUT2D eigenvalue weighted by atomic mass is 19.1. The fraction of sp³-hybridized carbons (Fsp3) is 0.545. The predicted molar refractivity (Wildman–Crippen MR) is 233 cm³/mol. The number of methoxy groups -OCH3 is 1. The van der Waals surface area contributed by atoms with Crippen molar-refractivity contribution in [1.29, 1.82) is 0 Å². The highest BCUT2D eigenvalue weighted by Gasteiger charge is 2.43. The number of likely N-dealkylation sites (tertiary alicyclic amines) is 1. The molecular formula is C44H56FN5O17. The number of fused-ring (bicyclic) bond motifs is 1. The molecule has 4 unspecified atom stereocenters. The zero-order chi connectivity index (χ0) is 47.4. The summed E-state index contributed by atoms with van der Waals surface area (Å²) in [5.74, 6) is 0.363. The van der Waals surface area contributed by atoms with E-state index in [9.17, 15) is 34.2 Å². The molecule has 22 nitrogen and oxygen atoms in total. The molecule has 3 aromatic carbocycles. The topological polar surface area (TPSA) is 232 Å². The van der Waals surface area contributed by atoms with E-state index in [4.69, 9.17) is 42.6 Å². The number of nitrogens with zero attached hydrogens (tertiary/aromatic N) is 5. The Bertz CT molecular complexity index is 2050. The maximum Gasteiger partial charge on any atom is 0.508 e. The van der Waals surface area contributed by atoms with Crippen molar-refractivity contribution in [2.45, 2.75) is 43.7 Å². The van der Waals surface area contributed by atoms with Crippen molar-refractivity contribution in [2.24, 2.45) is 0 Å². The average molecular weight is 946 g/mol. The molecule has 2 saturated heterocycles. The molecule has 0 saturated carbocycles. The number of piperidine rings is 1. The number of hydrogen-bond acceptors (Lipinski definition) is 19. The quantitative estimate of drug-likeness (QED) is 0.0455. The van der Waals surface area contributed by atoms with Gasteiger partial charge in [0.05, 0.1) is 76.9 Å². The summed E-state index contributed by atoms with van der Waals surface area (Å²) in [6.45, 7) is 2.42. The first-order valence-electron chi connectivity index (χ1n) is 21.9. The van der Waals surface area contributed by atoms with Gasteiger partial charge in [-0.05, 0) is 60.0 Å². The minimum atomic E-state index is -1.06. The van der Waals surface area contributed by atoms with Crippen molar-refractivity contribution in [3.05, 3.63) is 104 Å². The Morgan fingerprint density at radius 1 is 0.806 bits per heavy atom. The van der Waals surface area contributed by atoms with Gasteiger partial charge in [0.15, 0.2) is 0 Å². The predicted octanol–water partition coefficient (Wildman–Crippen LogP) is 4.81. The maximum atomic E-state index is 14.0. The van der Waals surface area contributed by atoms with Crippen LogP contribution in [0.1, 0.15) is 29.9 Å². The summed E-state index contributed by atoms with van der Waals surface area (Å²) in [5, 5.41) is 19.0. The fourth-order valence-corrected chi connectivity index (χ4v) is 7.92. The van der Waals surface area contributed by atoms with Crippen LogP contribution in [-0.4, -0.2) is 158 Å². The fourth-order valence-electron chi connectivity index (χ4n) is 7.92. The smallest absolute Gasteiger partial charge is 0.490 e. The summed E-state index contributed by atoms with van der Waals surface area (Å²) in [6.07, 6.45) is -2.26. The minimum absolute atomic E-state index is 0.0173. The molecular weight excluding hydrogens is 889 g/mol. The lowest BCUT2D eigenvalue weighted by atomic mass is 9.84. The van der Waals surface area contributed by atoms with Crippen molar-refractivity contribution in [2.75, 3.05) is 122 Å². The van der Waals surface area contributed by atoms with Gasteiger partial charge in [0.2, 0.25) is 0 Å². The van der Waals surface area contributed by atoms with Crippen molar-refractivity contribution in [3.63, 3.8) is 0 Å². The Balaban J connectivity index is 1.19. The van der Waals surface area contributed by atoms with E-state index in [2.05, 4.69) is 19.5 Å². The second-order valence-electron chi connectivity index (χ2n) is 15.5. The summed E-state index contributed by atoms with van der Waals surface area (Å²) in [5.41, 5.74) is 3.22. The summed E-state index contributed by atoms with van der Waals surface area (Å²) >= 11 is 0. The molecule has 3 aromatic rings. The third-order valence-electron chi connectivity index (χ3n) is 11.0. The number of benzene rings is 3. The number of anilines is 2. The van der Waals surface area contributed by atoms with Crippen molar-refractivity contribution in [3.8, 4) is 11.5 Å². The molecule has 0 aliphatic carbocycles. The molecule has 1 amide bonds. The number of hydrogen-bond donors (Lipinski definition) is 0. The number of ether oxygens (including phenoxy) is 9. The van der Waals surface area contributed by atoms with Gasteiger partial charge in [0.25, 0.3) is 10.2 Å². The Labute approximate surface area is 385 Å². The molecule has 366 valence electrons. The van der Waals surface area contributed by atoms with E-state index >= 15 is 0 Å². The monoisotopic (exact) mass is 945 g/mol. The van der Waals surface area contributed by atoms with E-state index in [0.717, 1.165) is 42.1 Å². The van der Waals surface area contributed by atoms with Crippen LogP contribution in [0.4, 0.5) is 25.4 Å². The molecule has 23 heteroatoms. The number of carbonyl (C=O) groups is 2. The van der Waals surface area contributed by atoms with Crippen LogP contribution in [0.3, 0.4) is 0 Å². The highest BCUT2D eigenvalue weighted by Crippen LogP contribution is 2.37. The second kappa shape index (κ2) is 26.0. The normalized spacial score (nSPS) is 18.9. The van der Waals surface area contributed by atoms with Gasteiger partial charge in [-0.2, -0.15) is 0 Å². The van der Waals surface area contributed by atoms with Crippen molar-refractivity contribution >= 4 is 23.6 Å². The van der Waals surface area contributed by atoms with Crippen molar-refractivity contribution < 1.29 is 76.5 Å². The molecule has 0 bridgehead atoms. The third kappa shape index (κ3) is 15.9. The number of amides is 1. The number of halogens is 1. The minimum Gasteiger partial charge on any atom is -0.490 e. The van der Waals surface area contributed by atoms with E-state index in [1.54, 1.807) is 13.2 Å². The standard InChI is InChI=1S/C44H56FN5O17/c1-57-16-3-13-46-15-17-60-39-11-6-32(26-38(39)46)31-63-40-29-48(43(51)61-22-18-58-20-24-64-49(53)54)30-41(67-44(52)62-23-19-59-21-25-65-50(55)56)42(40)33-7-9-36(10-8-33)66-37-12-14-47(28-37)35-5-2-4-34(45)27-35/h2,4-11,26-27,37,40-42H,3,12-25,28-31H2,1H3. The summed E-state index contributed by atoms with van der Waals surface area (Å²) < 4.78 is 65.5. The Hall–Kier alpha value is -6.43. The molecule has 3 aliphatic rings. The van der Waals surface area contributed by atoms with Crippen LogP contribution in [0.25, 0.3) is 0 Å². The van der Waals surface area contributed by atoms with Crippen LogP contribution >= 0.6 is 0 Å². The number of rotatable bonds is 26. The van der Waals surface area contributed by atoms with E-state index < -0.39 is 40.5 Å². The van der Waals surface area contributed by atoms with Gasteiger partial charge in [-0.15, -0.1) is 20.2 Å². The first-order valence-corrected chi connectivity index (χ1v) is 21.9. The van der Waals surface area contributed by atoms with E-state index in [0.29, 0.717) is 44.2 Å². The van der Waals surface area contributed by atoms with Crippen LogP contribution in [0.15, 0.2) is 66.7 Å². The van der Waals surface area contributed by atoms with Crippen molar-refractivity contribution in [1.82, 2.24) is 4.90 Å². The van der Waals surface area contributed by atoms with Gasteiger partial charge in [-0.1, -0.05) is 24.3 Å². The molecule has 2 fully saturated rings. The molecule has 0 spiro atoms. The van der Waals surface area contributed by atoms with Crippen LogP contribution in [0, 0.1) is 26.0 Å². The van der Waals surface area contributed by atoms with Crippen LogP contribution in [0.5, 0.6) is 11.5 Å². The first kappa shape index (κ1) is 50.0. The molecule has 3 aliphatic heterocycles. The van der Waals surface area contributed by atoms with Gasteiger partial charge < -0.3 is 67.0 Å². The first-order chi connectivity index (χ1) is 32.6. The van der Waals surface area contributed by atoms with E-state index in [1.165, 1.54) is 17.0 Å². The maximum absolute atomic E-state index is 14.0. The van der Waals surface area contributed by atoms with Gasteiger partial charge >= 0.3 is 12.2 Å². The Morgan fingerprint density at radius 2 is 1.52 bits per heavy atom. The Morgan fingerprint density at radius 3 is 2.24 bits per heavy atom. The average Bonchev–Trinajstić information content (AvgIpc) is 3.79. The number of carbonyl (C=O) groups excluding carboxylic acids is 2. The molecule has 67 heavy (non-hydrogen) atoms. The van der Waals surface area contributed by atoms with Gasteiger partial charge in [0, 0.05) is 38.9 Å². The second-order valence-corrected chi connectivity index (χ2v) is 15.5. The summed E-state index contributed by atoms with van der Waals surface area (Å²) in [4.78, 5) is 61.9. The highest BCUT2D eigenvalue weighted by molar-refractivity contribution is 5.68. The van der Waals surface area contributed by atoms with E-state index in [1.807, 2.05) is 48.5 Å². The molecule has 4 atom stereocenters. The van der Waals surface area contributed by atoms with Gasteiger partial charge in [-0.3, -0.25) is 0 Å². The van der Waals surface area contributed by atoms with Gasteiger partial charge in [0.1, 0.15) is 62.6 Å².